The normalized spacial score (nSPS) is 19.8. The van der Waals surface area contributed by atoms with E-state index in [0.717, 1.165) is 4.90 Å². The Hall–Kier alpha value is -3.28. The highest BCUT2D eigenvalue weighted by atomic mass is 16.2. The van der Waals surface area contributed by atoms with Crippen LogP contribution < -0.4 is 5.01 Å². The van der Waals surface area contributed by atoms with E-state index in [-0.39, 0.29) is 0 Å². The summed E-state index contributed by atoms with van der Waals surface area (Å²) in [6, 6.07) is 14.5. The summed E-state index contributed by atoms with van der Waals surface area (Å²) < 4.78 is 0. The van der Waals surface area contributed by atoms with Crippen molar-refractivity contribution in [2.75, 3.05) is 5.01 Å². The third-order valence-corrected chi connectivity index (χ3v) is 4.18. The molecule has 0 aliphatic carbocycles. The fourth-order valence-corrected chi connectivity index (χ4v) is 3.05. The molecule has 0 bridgehead atoms. The van der Waals surface area contributed by atoms with Gasteiger partial charge in [-0.2, -0.15) is 10.1 Å². The molecular formula is C18H13N3O3. The molecule has 6 nitrogen and oxygen atoms in total. The van der Waals surface area contributed by atoms with Crippen molar-refractivity contribution >= 4 is 29.1 Å². The first kappa shape index (κ1) is 14.3. The van der Waals surface area contributed by atoms with Crippen LogP contribution in [0.5, 0.6) is 0 Å². The van der Waals surface area contributed by atoms with Crippen molar-refractivity contribution in [1.82, 2.24) is 4.90 Å². The minimum atomic E-state index is -1.00. The number of imide groups is 1. The van der Waals surface area contributed by atoms with E-state index in [1.54, 1.807) is 55.5 Å². The summed E-state index contributed by atoms with van der Waals surface area (Å²) >= 11 is 0. The second kappa shape index (κ2) is 5.13. The molecule has 0 N–H and O–H groups in total. The summed E-state index contributed by atoms with van der Waals surface area (Å²) in [4.78, 5) is 39.0. The Kier molecular flexibility index (Phi) is 3.06. The predicted molar refractivity (Wildman–Crippen MR) is 87.8 cm³/mol. The van der Waals surface area contributed by atoms with Gasteiger partial charge in [-0.05, 0) is 31.2 Å². The van der Waals surface area contributed by atoms with Gasteiger partial charge in [0.05, 0.1) is 22.5 Å². The van der Waals surface area contributed by atoms with Crippen LogP contribution in [0, 0.1) is 0 Å². The second-order valence-electron chi connectivity index (χ2n) is 5.66. The van der Waals surface area contributed by atoms with Crippen LogP contribution in [0.3, 0.4) is 0 Å². The molecule has 0 radical (unpaired) electrons. The van der Waals surface area contributed by atoms with E-state index in [0.29, 0.717) is 22.5 Å². The summed E-state index contributed by atoms with van der Waals surface area (Å²) in [5.41, 5.74) is 1.65. The summed E-state index contributed by atoms with van der Waals surface area (Å²) in [5, 5.41) is 5.49. The minimum Gasteiger partial charge on any atom is -0.270 e. The lowest BCUT2D eigenvalue weighted by atomic mass is 10.1. The summed E-state index contributed by atoms with van der Waals surface area (Å²) in [5.74, 6) is -1.33. The number of anilines is 1. The largest absolute Gasteiger partial charge is 0.276 e. The SMILES string of the molecule is CC1=NN(c2ccccc2)C(=O)C1N1C(=O)c2ccccc2C1=O. The summed E-state index contributed by atoms with van der Waals surface area (Å²) in [7, 11) is 0. The maximum atomic E-state index is 12.8. The number of fused-ring (bicyclic) bond motifs is 1. The number of hydrogen-bond donors (Lipinski definition) is 0. The van der Waals surface area contributed by atoms with Gasteiger partial charge in [0, 0.05) is 0 Å². The van der Waals surface area contributed by atoms with Gasteiger partial charge in [0.2, 0.25) is 0 Å². The van der Waals surface area contributed by atoms with Crippen molar-refractivity contribution in [2.24, 2.45) is 5.10 Å². The Labute approximate surface area is 138 Å². The molecule has 6 heteroatoms. The third-order valence-electron chi connectivity index (χ3n) is 4.18. The van der Waals surface area contributed by atoms with E-state index in [1.165, 1.54) is 5.01 Å². The Morgan fingerprint density at radius 2 is 1.38 bits per heavy atom. The number of hydrogen-bond acceptors (Lipinski definition) is 4. The molecule has 0 saturated carbocycles. The quantitative estimate of drug-likeness (QED) is 0.796. The molecule has 2 aromatic carbocycles. The summed E-state index contributed by atoms with van der Waals surface area (Å²) in [6.07, 6.45) is 0. The van der Waals surface area contributed by atoms with Gasteiger partial charge in [-0.15, -0.1) is 0 Å². The van der Waals surface area contributed by atoms with Gasteiger partial charge >= 0.3 is 0 Å². The van der Waals surface area contributed by atoms with Crippen LogP contribution in [0.15, 0.2) is 59.7 Å². The van der Waals surface area contributed by atoms with Gasteiger partial charge in [-0.25, -0.2) is 0 Å². The Morgan fingerprint density at radius 3 is 1.96 bits per heavy atom. The zero-order chi connectivity index (χ0) is 16.8. The molecule has 1 atom stereocenters. The monoisotopic (exact) mass is 319 g/mol. The average Bonchev–Trinajstić information content (AvgIpc) is 3.03. The number of carbonyl (C=O) groups is 3. The fourth-order valence-electron chi connectivity index (χ4n) is 3.05. The van der Waals surface area contributed by atoms with Crippen molar-refractivity contribution in [3.05, 3.63) is 65.7 Å². The van der Waals surface area contributed by atoms with Crippen LogP contribution in [0.25, 0.3) is 0 Å². The fraction of sp³-hybridized carbons (Fsp3) is 0.111. The van der Waals surface area contributed by atoms with E-state index in [9.17, 15) is 14.4 Å². The summed E-state index contributed by atoms with van der Waals surface area (Å²) in [6.45, 7) is 1.65. The van der Waals surface area contributed by atoms with Crippen molar-refractivity contribution in [3.8, 4) is 0 Å². The molecule has 3 amide bonds. The molecule has 0 aromatic heterocycles. The predicted octanol–water partition coefficient (Wildman–Crippen LogP) is 2.07. The molecule has 0 saturated heterocycles. The highest BCUT2D eigenvalue weighted by Crippen LogP contribution is 2.29. The minimum absolute atomic E-state index is 0.321. The molecule has 2 aliphatic heterocycles. The standard InChI is InChI=1S/C18H13N3O3/c1-11-15(18(24)21(19-11)12-7-3-2-4-8-12)20-16(22)13-9-5-6-10-14(13)17(20)23/h2-10,15H,1H3. The van der Waals surface area contributed by atoms with Crippen LogP contribution in [-0.2, 0) is 4.79 Å². The van der Waals surface area contributed by atoms with E-state index in [1.807, 2.05) is 6.07 Å². The van der Waals surface area contributed by atoms with Crippen LogP contribution in [0.2, 0.25) is 0 Å². The third kappa shape index (κ3) is 1.89. The molecule has 2 heterocycles. The van der Waals surface area contributed by atoms with Gasteiger partial charge in [-0.1, -0.05) is 30.3 Å². The molecule has 24 heavy (non-hydrogen) atoms. The van der Waals surface area contributed by atoms with E-state index in [4.69, 9.17) is 0 Å². The van der Waals surface area contributed by atoms with Crippen molar-refractivity contribution in [3.63, 3.8) is 0 Å². The van der Waals surface area contributed by atoms with Crippen molar-refractivity contribution in [1.29, 1.82) is 0 Å². The first-order chi connectivity index (χ1) is 11.6. The van der Waals surface area contributed by atoms with Gasteiger partial charge < -0.3 is 0 Å². The van der Waals surface area contributed by atoms with Gasteiger partial charge in [0.15, 0.2) is 6.04 Å². The number of amides is 3. The number of carbonyl (C=O) groups excluding carboxylic acids is 3. The van der Waals surface area contributed by atoms with Gasteiger partial charge in [0.25, 0.3) is 17.7 Å². The number of nitrogens with zero attached hydrogens (tertiary/aromatic N) is 3. The number of rotatable bonds is 2. The first-order valence-electron chi connectivity index (χ1n) is 7.50. The van der Waals surface area contributed by atoms with Gasteiger partial charge in [0.1, 0.15) is 0 Å². The number of para-hydroxylation sites is 1. The molecule has 4 rings (SSSR count). The topological polar surface area (TPSA) is 70.1 Å². The van der Waals surface area contributed by atoms with Crippen molar-refractivity contribution < 1.29 is 14.4 Å². The zero-order valence-electron chi connectivity index (χ0n) is 12.8. The lowest BCUT2D eigenvalue weighted by Crippen LogP contribution is -2.49. The van der Waals surface area contributed by atoms with E-state index >= 15 is 0 Å². The smallest absolute Gasteiger partial charge is 0.270 e. The number of benzene rings is 2. The van der Waals surface area contributed by atoms with Crippen LogP contribution in [0.4, 0.5) is 5.69 Å². The number of hydrazone groups is 1. The Bertz CT molecular complexity index is 870. The Balaban J connectivity index is 1.72. The van der Waals surface area contributed by atoms with Crippen LogP contribution in [-0.4, -0.2) is 34.4 Å². The maximum Gasteiger partial charge on any atom is 0.276 e. The molecule has 0 fully saturated rings. The zero-order valence-corrected chi connectivity index (χ0v) is 12.8. The molecule has 2 aliphatic rings. The molecule has 0 spiro atoms. The highest BCUT2D eigenvalue weighted by Gasteiger charge is 2.48. The maximum absolute atomic E-state index is 12.8. The van der Waals surface area contributed by atoms with Crippen LogP contribution >= 0.6 is 0 Å². The average molecular weight is 319 g/mol. The Morgan fingerprint density at radius 1 is 0.833 bits per heavy atom. The van der Waals surface area contributed by atoms with E-state index < -0.39 is 23.8 Å². The molecular weight excluding hydrogens is 306 g/mol. The van der Waals surface area contributed by atoms with Gasteiger partial charge in [-0.3, -0.25) is 19.3 Å². The molecule has 2 aromatic rings. The first-order valence-corrected chi connectivity index (χ1v) is 7.50. The lowest BCUT2D eigenvalue weighted by molar-refractivity contribution is -0.119. The second-order valence-corrected chi connectivity index (χ2v) is 5.66. The van der Waals surface area contributed by atoms with Crippen LogP contribution in [0.1, 0.15) is 27.6 Å². The highest BCUT2D eigenvalue weighted by molar-refractivity contribution is 6.29. The van der Waals surface area contributed by atoms with E-state index in [2.05, 4.69) is 5.10 Å². The molecule has 118 valence electrons. The van der Waals surface area contributed by atoms with Crippen molar-refractivity contribution in [2.45, 2.75) is 13.0 Å². The molecule has 1 unspecified atom stereocenters. The lowest BCUT2D eigenvalue weighted by Gasteiger charge is -2.21.